The van der Waals surface area contributed by atoms with Gasteiger partial charge in [0, 0.05) is 27.8 Å². The first-order chi connectivity index (χ1) is 19.1. The van der Waals surface area contributed by atoms with Crippen molar-refractivity contribution >= 4 is 50.5 Å². The fourth-order valence-electron chi connectivity index (χ4n) is 4.51. The number of methoxy groups -OCH3 is 1. The smallest absolute Gasteiger partial charge is 0.229 e. The molecule has 0 saturated carbocycles. The zero-order valence-corrected chi connectivity index (χ0v) is 24.8. The third-order valence-electron chi connectivity index (χ3n) is 6.61. The highest BCUT2D eigenvalue weighted by molar-refractivity contribution is 9.10. The molecule has 3 heterocycles. The molecule has 10 heteroatoms. The predicted octanol–water partition coefficient (Wildman–Crippen LogP) is 7.41. The summed E-state index contributed by atoms with van der Waals surface area (Å²) in [5.41, 5.74) is 1.82. The summed E-state index contributed by atoms with van der Waals surface area (Å²) in [4.78, 5) is 19.1. The number of ether oxygens (including phenoxy) is 1. The molecule has 4 aromatic rings. The van der Waals surface area contributed by atoms with Crippen LogP contribution in [0.1, 0.15) is 44.3 Å². The molecule has 206 valence electrons. The van der Waals surface area contributed by atoms with E-state index < -0.39 is 17.3 Å². The minimum atomic E-state index is -0.573. The Bertz CT molecular complexity index is 1570. The number of nitrogens with one attached hydrogen (secondary N) is 2. The van der Waals surface area contributed by atoms with Gasteiger partial charge in [-0.2, -0.15) is 0 Å². The number of halogens is 2. The zero-order chi connectivity index (χ0) is 28.6. The number of furan rings is 1. The lowest BCUT2D eigenvalue weighted by Crippen LogP contribution is -2.30. The fraction of sp³-hybridized carbons (Fsp3) is 0.233. The second kappa shape index (κ2) is 11.0. The van der Waals surface area contributed by atoms with Crippen LogP contribution in [0.4, 0.5) is 15.8 Å². The second-order valence-electron chi connectivity index (χ2n) is 10.4. The normalized spacial score (nSPS) is 17.1. The van der Waals surface area contributed by atoms with Gasteiger partial charge >= 0.3 is 0 Å². The largest absolute Gasteiger partial charge is 0.494 e. The summed E-state index contributed by atoms with van der Waals surface area (Å²) in [6.07, 6.45) is 1.72. The van der Waals surface area contributed by atoms with Crippen LogP contribution >= 0.6 is 28.1 Å². The van der Waals surface area contributed by atoms with Crippen molar-refractivity contribution in [3.8, 4) is 17.1 Å². The summed E-state index contributed by atoms with van der Waals surface area (Å²) in [5.74, 6) is 0.925. The van der Waals surface area contributed by atoms with Gasteiger partial charge in [-0.1, -0.05) is 42.8 Å². The van der Waals surface area contributed by atoms with Gasteiger partial charge in [-0.05, 0) is 66.8 Å². The summed E-state index contributed by atoms with van der Waals surface area (Å²) in [7, 11) is 1.55. The number of aromatic nitrogens is 1. The lowest BCUT2D eigenvalue weighted by molar-refractivity contribution is -0.123. The van der Waals surface area contributed by atoms with Gasteiger partial charge in [-0.3, -0.25) is 9.78 Å². The van der Waals surface area contributed by atoms with Crippen molar-refractivity contribution in [2.24, 2.45) is 5.41 Å². The molecule has 1 aliphatic rings. The standard InChI is InChI=1S/C30H28BrFN4O3S/c1-30(2,3)28(37)34-21-11-9-18(16-25(21)38-4)36-27(26(35-29(36)40)22-7-5-6-14-33-22)24-13-12-23(39-24)19-10-8-17(31)15-20(19)32/h5-16,26-27H,1-4H3,(H,34,37)(H,35,40)/t26-,27+/m1/s1. The van der Waals surface area contributed by atoms with Crippen LogP contribution in [-0.2, 0) is 4.79 Å². The first-order valence-corrected chi connectivity index (χ1v) is 13.8. The molecular formula is C30H28BrFN4O3S. The van der Waals surface area contributed by atoms with E-state index in [2.05, 4.69) is 31.5 Å². The molecule has 1 amide bonds. The zero-order valence-electron chi connectivity index (χ0n) is 22.4. The Morgan fingerprint density at radius 2 is 1.95 bits per heavy atom. The van der Waals surface area contributed by atoms with Gasteiger partial charge in [0.1, 0.15) is 29.1 Å². The Morgan fingerprint density at radius 3 is 2.62 bits per heavy atom. The van der Waals surface area contributed by atoms with E-state index in [4.69, 9.17) is 21.4 Å². The number of rotatable bonds is 6. The lowest BCUT2D eigenvalue weighted by atomic mass is 9.95. The van der Waals surface area contributed by atoms with Gasteiger partial charge in [0.15, 0.2) is 5.11 Å². The molecule has 2 aromatic carbocycles. The van der Waals surface area contributed by atoms with Crippen LogP contribution in [0.15, 0.2) is 81.8 Å². The van der Waals surface area contributed by atoms with Crippen LogP contribution in [0, 0.1) is 11.2 Å². The van der Waals surface area contributed by atoms with Crippen molar-refractivity contribution in [2.75, 3.05) is 17.3 Å². The maximum Gasteiger partial charge on any atom is 0.229 e. The number of benzene rings is 2. The molecule has 40 heavy (non-hydrogen) atoms. The van der Waals surface area contributed by atoms with Gasteiger partial charge < -0.3 is 24.7 Å². The van der Waals surface area contributed by atoms with Crippen LogP contribution in [0.25, 0.3) is 11.3 Å². The van der Waals surface area contributed by atoms with Gasteiger partial charge in [-0.15, -0.1) is 0 Å². The van der Waals surface area contributed by atoms with E-state index in [0.717, 1.165) is 11.4 Å². The Labute approximate surface area is 245 Å². The van der Waals surface area contributed by atoms with Crippen LogP contribution < -0.4 is 20.3 Å². The SMILES string of the molecule is COc1cc(N2C(=S)N[C@H](c3ccccn3)[C@@H]2c2ccc(-c3ccc(Br)cc3F)o2)ccc1NC(=O)C(C)(C)C. The number of pyridine rings is 1. The summed E-state index contributed by atoms with van der Waals surface area (Å²) in [6, 6.07) is 18.8. The molecule has 0 bridgehead atoms. The van der Waals surface area contributed by atoms with Crippen LogP contribution in [-0.4, -0.2) is 23.1 Å². The number of hydrogen-bond acceptors (Lipinski definition) is 5. The topological polar surface area (TPSA) is 79.6 Å². The number of anilines is 2. The molecule has 0 aliphatic carbocycles. The number of thiocarbonyl (C=S) groups is 1. The minimum Gasteiger partial charge on any atom is -0.494 e. The Hall–Kier alpha value is -3.76. The highest BCUT2D eigenvalue weighted by Gasteiger charge is 2.43. The number of carbonyl (C=O) groups excluding carboxylic acids is 1. The molecule has 2 aromatic heterocycles. The van der Waals surface area contributed by atoms with E-state index in [1.807, 2.05) is 62.1 Å². The maximum atomic E-state index is 14.8. The summed E-state index contributed by atoms with van der Waals surface area (Å²) in [5, 5.41) is 6.78. The molecule has 7 nitrogen and oxygen atoms in total. The number of carbonyl (C=O) groups is 1. The Kier molecular flexibility index (Phi) is 7.65. The number of amides is 1. The van der Waals surface area contributed by atoms with Gasteiger partial charge in [0.05, 0.1) is 30.1 Å². The molecule has 2 N–H and O–H groups in total. The van der Waals surface area contributed by atoms with Crippen LogP contribution in [0.3, 0.4) is 0 Å². The van der Waals surface area contributed by atoms with Crippen molar-refractivity contribution in [2.45, 2.75) is 32.9 Å². The Morgan fingerprint density at radius 1 is 1.15 bits per heavy atom. The minimum absolute atomic E-state index is 0.131. The average Bonchev–Trinajstić information content (AvgIpc) is 3.53. The lowest BCUT2D eigenvalue weighted by Gasteiger charge is -2.27. The van der Waals surface area contributed by atoms with E-state index in [1.54, 1.807) is 37.6 Å². The second-order valence-corrected chi connectivity index (χ2v) is 11.7. The molecule has 2 atom stereocenters. The molecule has 0 spiro atoms. The molecule has 1 saturated heterocycles. The monoisotopic (exact) mass is 622 g/mol. The van der Waals surface area contributed by atoms with E-state index in [9.17, 15) is 9.18 Å². The van der Waals surface area contributed by atoms with Crippen molar-refractivity contribution in [1.82, 2.24) is 10.3 Å². The van der Waals surface area contributed by atoms with Crippen LogP contribution in [0.5, 0.6) is 5.75 Å². The first kappa shape index (κ1) is 27.8. The van der Waals surface area contributed by atoms with E-state index in [-0.39, 0.29) is 11.9 Å². The van der Waals surface area contributed by atoms with Crippen molar-refractivity contribution in [3.63, 3.8) is 0 Å². The first-order valence-electron chi connectivity index (χ1n) is 12.6. The molecule has 0 unspecified atom stereocenters. The van der Waals surface area contributed by atoms with Crippen LogP contribution in [0.2, 0.25) is 0 Å². The van der Waals surface area contributed by atoms with Gasteiger partial charge in [0.2, 0.25) is 5.91 Å². The molecule has 1 aliphatic heterocycles. The molecule has 0 radical (unpaired) electrons. The highest BCUT2D eigenvalue weighted by Crippen LogP contribution is 2.44. The average molecular weight is 624 g/mol. The molecular weight excluding hydrogens is 595 g/mol. The summed E-state index contributed by atoms with van der Waals surface area (Å²) >= 11 is 9.11. The quantitative estimate of drug-likeness (QED) is 0.217. The van der Waals surface area contributed by atoms with Crippen molar-refractivity contribution in [3.05, 3.63) is 94.7 Å². The number of nitrogens with zero attached hydrogens (tertiary/aromatic N) is 2. The van der Waals surface area contributed by atoms with Crippen molar-refractivity contribution in [1.29, 1.82) is 0 Å². The Balaban J connectivity index is 1.57. The van der Waals surface area contributed by atoms with Gasteiger partial charge in [-0.25, -0.2) is 4.39 Å². The maximum absolute atomic E-state index is 14.8. The third-order valence-corrected chi connectivity index (χ3v) is 7.41. The van der Waals surface area contributed by atoms with Crippen molar-refractivity contribution < 1.29 is 18.3 Å². The fourth-order valence-corrected chi connectivity index (χ4v) is 5.19. The third kappa shape index (κ3) is 5.46. The van der Waals surface area contributed by atoms with E-state index in [0.29, 0.717) is 38.1 Å². The summed E-state index contributed by atoms with van der Waals surface area (Å²) in [6.45, 7) is 5.53. The van der Waals surface area contributed by atoms with E-state index >= 15 is 0 Å². The number of hydrogen-bond donors (Lipinski definition) is 2. The molecule has 5 rings (SSSR count). The molecule has 1 fully saturated rings. The predicted molar refractivity (Wildman–Crippen MR) is 161 cm³/mol. The van der Waals surface area contributed by atoms with Gasteiger partial charge in [0.25, 0.3) is 0 Å². The van der Waals surface area contributed by atoms with E-state index in [1.165, 1.54) is 6.07 Å². The summed E-state index contributed by atoms with van der Waals surface area (Å²) < 4.78 is 27.3. The highest BCUT2D eigenvalue weighted by atomic mass is 79.9.